The summed E-state index contributed by atoms with van der Waals surface area (Å²) < 4.78 is 22.7. The van der Waals surface area contributed by atoms with Crippen LogP contribution < -0.4 is 5.32 Å². The third-order valence-electron chi connectivity index (χ3n) is 3.94. The van der Waals surface area contributed by atoms with Crippen LogP contribution >= 0.6 is 0 Å². The molecular weight excluding hydrogens is 234 g/mol. The molecule has 17 heavy (non-hydrogen) atoms. The van der Waals surface area contributed by atoms with Crippen molar-refractivity contribution in [3.63, 3.8) is 0 Å². The highest BCUT2D eigenvalue weighted by Crippen LogP contribution is 2.29. The molecule has 2 atom stereocenters. The monoisotopic (exact) mass is 261 g/mol. The van der Waals surface area contributed by atoms with Crippen LogP contribution in [0.1, 0.15) is 46.5 Å². The van der Waals surface area contributed by atoms with E-state index in [4.69, 9.17) is 0 Å². The van der Waals surface area contributed by atoms with E-state index in [-0.39, 0.29) is 11.5 Å². The number of sulfone groups is 1. The fraction of sp³-hybridized carbons (Fsp3) is 1.00. The lowest BCUT2D eigenvalue weighted by atomic mass is 9.79. The lowest BCUT2D eigenvalue weighted by Crippen LogP contribution is -2.38. The van der Waals surface area contributed by atoms with Gasteiger partial charge in [-0.15, -0.1) is 0 Å². The van der Waals surface area contributed by atoms with Gasteiger partial charge in [0, 0.05) is 18.3 Å². The van der Waals surface area contributed by atoms with E-state index < -0.39 is 9.84 Å². The first kappa shape index (κ1) is 15.0. The van der Waals surface area contributed by atoms with Gasteiger partial charge in [-0.25, -0.2) is 8.42 Å². The van der Waals surface area contributed by atoms with Crippen molar-refractivity contribution < 1.29 is 8.42 Å². The van der Waals surface area contributed by atoms with Crippen LogP contribution in [-0.2, 0) is 9.84 Å². The van der Waals surface area contributed by atoms with E-state index in [2.05, 4.69) is 19.2 Å². The maximum Gasteiger partial charge on any atom is 0.151 e. The molecule has 0 aliphatic heterocycles. The van der Waals surface area contributed by atoms with Gasteiger partial charge in [-0.2, -0.15) is 0 Å². The molecule has 4 heteroatoms. The van der Waals surface area contributed by atoms with Crippen LogP contribution in [0.2, 0.25) is 0 Å². The molecule has 1 N–H and O–H groups in total. The first-order valence-electron chi connectivity index (χ1n) is 6.88. The second-order valence-electron chi connectivity index (χ2n) is 5.56. The third kappa shape index (κ3) is 5.38. The van der Waals surface area contributed by atoms with Crippen molar-refractivity contribution in [2.24, 2.45) is 11.8 Å². The van der Waals surface area contributed by atoms with Gasteiger partial charge in [0.25, 0.3) is 0 Å². The number of hydrogen-bond donors (Lipinski definition) is 1. The maximum absolute atomic E-state index is 11.4. The molecule has 1 aliphatic carbocycles. The second kappa shape index (κ2) is 6.74. The first-order chi connectivity index (χ1) is 7.94. The lowest BCUT2D eigenvalue weighted by molar-refractivity contribution is 0.233. The van der Waals surface area contributed by atoms with Crippen LogP contribution in [0.25, 0.3) is 0 Å². The number of nitrogens with one attached hydrogen (secondary N) is 1. The molecule has 2 unspecified atom stereocenters. The van der Waals surface area contributed by atoms with Crippen molar-refractivity contribution in [2.45, 2.75) is 52.5 Å². The van der Waals surface area contributed by atoms with E-state index in [9.17, 15) is 8.42 Å². The van der Waals surface area contributed by atoms with Gasteiger partial charge in [-0.05, 0) is 24.7 Å². The molecule has 0 spiro atoms. The molecule has 0 aromatic heterocycles. The van der Waals surface area contributed by atoms with Crippen LogP contribution in [-0.4, -0.2) is 32.5 Å². The van der Waals surface area contributed by atoms with Gasteiger partial charge in [-0.3, -0.25) is 0 Å². The summed E-state index contributed by atoms with van der Waals surface area (Å²) in [6.07, 6.45) is 5.03. The van der Waals surface area contributed by atoms with Gasteiger partial charge in [0.1, 0.15) is 0 Å². The zero-order valence-electron chi connectivity index (χ0n) is 11.4. The fourth-order valence-electron chi connectivity index (χ4n) is 2.58. The van der Waals surface area contributed by atoms with Crippen LogP contribution in [0.4, 0.5) is 0 Å². The molecule has 0 saturated heterocycles. The minimum Gasteiger partial charge on any atom is -0.313 e. The van der Waals surface area contributed by atoms with E-state index >= 15 is 0 Å². The summed E-state index contributed by atoms with van der Waals surface area (Å²) in [5.74, 6) is 2.10. The Morgan fingerprint density at radius 2 is 2.00 bits per heavy atom. The minimum absolute atomic E-state index is 0.258. The molecule has 1 rings (SSSR count). The van der Waals surface area contributed by atoms with Gasteiger partial charge >= 0.3 is 0 Å². The van der Waals surface area contributed by atoms with Crippen LogP contribution in [0.3, 0.4) is 0 Å². The molecule has 1 fully saturated rings. The van der Waals surface area contributed by atoms with E-state index in [1.807, 2.05) is 0 Å². The average Bonchev–Trinajstić information content (AvgIpc) is 2.29. The maximum atomic E-state index is 11.4. The molecule has 3 nitrogen and oxygen atoms in total. The van der Waals surface area contributed by atoms with Gasteiger partial charge in [-0.1, -0.05) is 33.6 Å². The lowest BCUT2D eigenvalue weighted by Gasteiger charge is -2.32. The highest BCUT2D eigenvalue weighted by Gasteiger charge is 2.23. The summed E-state index contributed by atoms with van der Waals surface area (Å²) in [4.78, 5) is 0. The van der Waals surface area contributed by atoms with Crippen molar-refractivity contribution >= 4 is 9.84 Å². The van der Waals surface area contributed by atoms with E-state index in [1.165, 1.54) is 25.7 Å². The topological polar surface area (TPSA) is 46.2 Å². The Labute approximate surface area is 106 Å². The van der Waals surface area contributed by atoms with E-state index in [1.54, 1.807) is 6.92 Å². The van der Waals surface area contributed by atoms with Crippen molar-refractivity contribution in [1.29, 1.82) is 0 Å². The largest absolute Gasteiger partial charge is 0.313 e. The van der Waals surface area contributed by atoms with Crippen molar-refractivity contribution in [3.8, 4) is 0 Å². The zero-order valence-corrected chi connectivity index (χ0v) is 12.2. The SMILES string of the molecule is CCS(=O)(=O)CCNC1CCCC(C(C)C)C1. The summed E-state index contributed by atoms with van der Waals surface area (Å²) >= 11 is 0. The van der Waals surface area contributed by atoms with Crippen molar-refractivity contribution in [1.82, 2.24) is 5.32 Å². The summed E-state index contributed by atoms with van der Waals surface area (Å²) in [5, 5.41) is 3.42. The Hall–Kier alpha value is -0.0900. The van der Waals surface area contributed by atoms with Gasteiger partial charge in [0.2, 0.25) is 0 Å². The normalized spacial score (nSPS) is 26.4. The van der Waals surface area contributed by atoms with Crippen LogP contribution in [0.5, 0.6) is 0 Å². The Morgan fingerprint density at radius 1 is 1.29 bits per heavy atom. The Bertz CT molecular complexity index is 311. The summed E-state index contributed by atoms with van der Waals surface area (Å²) in [5.41, 5.74) is 0. The highest BCUT2D eigenvalue weighted by atomic mass is 32.2. The Balaban J connectivity index is 2.28. The predicted molar refractivity (Wildman–Crippen MR) is 72.9 cm³/mol. The minimum atomic E-state index is -2.81. The number of hydrogen-bond acceptors (Lipinski definition) is 3. The van der Waals surface area contributed by atoms with E-state index in [0.717, 1.165) is 11.8 Å². The molecule has 0 aromatic carbocycles. The average molecular weight is 261 g/mol. The van der Waals surface area contributed by atoms with Gasteiger partial charge in [0.05, 0.1) is 5.75 Å². The fourth-order valence-corrected chi connectivity index (χ4v) is 3.30. The molecule has 0 aromatic rings. The molecular formula is C13H27NO2S. The van der Waals surface area contributed by atoms with Crippen molar-refractivity contribution in [3.05, 3.63) is 0 Å². The van der Waals surface area contributed by atoms with Crippen LogP contribution in [0.15, 0.2) is 0 Å². The highest BCUT2D eigenvalue weighted by molar-refractivity contribution is 7.91. The molecule has 1 aliphatic rings. The first-order valence-corrected chi connectivity index (χ1v) is 8.70. The molecule has 102 valence electrons. The molecule has 0 radical (unpaired) electrons. The predicted octanol–water partition coefficient (Wildman–Crippen LogP) is 2.23. The van der Waals surface area contributed by atoms with Gasteiger partial charge in [0.15, 0.2) is 9.84 Å². The zero-order chi connectivity index (χ0) is 12.9. The second-order valence-corrected chi connectivity index (χ2v) is 8.03. The smallest absolute Gasteiger partial charge is 0.151 e. The van der Waals surface area contributed by atoms with Crippen molar-refractivity contribution in [2.75, 3.05) is 18.1 Å². The standard InChI is InChI=1S/C13H27NO2S/c1-4-17(15,16)9-8-14-13-7-5-6-12(10-13)11(2)3/h11-14H,4-10H2,1-3H3. The molecule has 0 bridgehead atoms. The summed E-state index contributed by atoms with van der Waals surface area (Å²) in [6.45, 7) is 6.90. The molecule has 0 heterocycles. The van der Waals surface area contributed by atoms with Crippen LogP contribution in [0, 0.1) is 11.8 Å². The third-order valence-corrected chi connectivity index (χ3v) is 5.65. The Morgan fingerprint density at radius 3 is 2.59 bits per heavy atom. The summed E-state index contributed by atoms with van der Waals surface area (Å²) in [6, 6.07) is 0.531. The Kier molecular flexibility index (Phi) is 5.93. The summed E-state index contributed by atoms with van der Waals surface area (Å²) in [7, 11) is -2.81. The number of rotatable bonds is 6. The van der Waals surface area contributed by atoms with Gasteiger partial charge < -0.3 is 5.32 Å². The quantitative estimate of drug-likeness (QED) is 0.797. The van der Waals surface area contributed by atoms with E-state index in [0.29, 0.717) is 12.6 Å². The molecule has 0 amide bonds. The molecule has 1 saturated carbocycles.